The molecule has 0 radical (unpaired) electrons. The summed E-state index contributed by atoms with van der Waals surface area (Å²) in [5.74, 6) is 1.09. The van der Waals surface area contributed by atoms with Gasteiger partial charge in [-0.25, -0.2) is 4.79 Å². The number of carbonyl (C=O) groups is 3. The van der Waals surface area contributed by atoms with Crippen molar-refractivity contribution in [2.24, 2.45) is 23.2 Å². The minimum atomic E-state index is -0.929. The lowest BCUT2D eigenvalue weighted by molar-refractivity contribution is -0.159. The van der Waals surface area contributed by atoms with Gasteiger partial charge in [-0.05, 0) is 82.3 Å². The van der Waals surface area contributed by atoms with Crippen LogP contribution in [0.25, 0.3) is 0 Å². The van der Waals surface area contributed by atoms with Crippen molar-refractivity contribution in [1.82, 2.24) is 5.32 Å². The third kappa shape index (κ3) is 3.96. The average Bonchev–Trinajstić information content (AvgIpc) is 2.72. The number of ether oxygens (including phenoxy) is 1. The molecular weight excluding hydrogens is 380 g/mol. The lowest BCUT2D eigenvalue weighted by Gasteiger charge is -2.55. The Morgan fingerprint density at radius 2 is 1.53 bits per heavy atom. The van der Waals surface area contributed by atoms with Crippen LogP contribution in [0.2, 0.25) is 0 Å². The number of nitrogens with zero attached hydrogens (tertiary/aromatic N) is 1. The van der Waals surface area contributed by atoms with E-state index in [-0.39, 0.29) is 17.2 Å². The average molecular weight is 413 g/mol. The van der Waals surface area contributed by atoms with Crippen LogP contribution in [0.3, 0.4) is 0 Å². The molecule has 2 atom stereocenters. The first-order valence-corrected chi connectivity index (χ1v) is 11.1. The molecule has 0 aliphatic heterocycles. The Kier molecular flexibility index (Phi) is 5.60. The standard InChI is InChI=1S/C24H32N2O4/c1-15(22(28)30-16(2)21(27)26(3)20-7-5-4-6-8-20)25-23(29)24-12-17-9-18(13-24)11-19(10-17)14-24/h4-8,15-19H,9-14H2,1-3H3,(H,25,29)/t15-,16?,17?,18?,19?,24?/m0/s1. The highest BCUT2D eigenvalue weighted by Crippen LogP contribution is 2.60. The fourth-order valence-electron chi connectivity index (χ4n) is 6.18. The third-order valence-corrected chi connectivity index (χ3v) is 7.34. The van der Waals surface area contributed by atoms with Crippen LogP contribution in [0.4, 0.5) is 5.69 Å². The van der Waals surface area contributed by atoms with E-state index in [0.717, 1.165) is 24.9 Å². The second kappa shape index (κ2) is 8.05. The zero-order valence-corrected chi connectivity index (χ0v) is 18.1. The van der Waals surface area contributed by atoms with Gasteiger partial charge in [0, 0.05) is 18.2 Å². The van der Waals surface area contributed by atoms with E-state index in [4.69, 9.17) is 4.74 Å². The molecule has 30 heavy (non-hydrogen) atoms. The normalized spacial score (nSPS) is 31.0. The molecule has 4 fully saturated rings. The Balaban J connectivity index is 1.32. The summed E-state index contributed by atoms with van der Waals surface area (Å²) >= 11 is 0. The molecule has 4 saturated carbocycles. The molecule has 6 nitrogen and oxygen atoms in total. The number of rotatable bonds is 6. The Labute approximate surface area is 178 Å². The van der Waals surface area contributed by atoms with Crippen LogP contribution >= 0.6 is 0 Å². The summed E-state index contributed by atoms with van der Waals surface area (Å²) < 4.78 is 5.39. The number of nitrogens with one attached hydrogen (secondary N) is 1. The van der Waals surface area contributed by atoms with Gasteiger partial charge >= 0.3 is 5.97 Å². The first kappa shape index (κ1) is 20.9. The van der Waals surface area contributed by atoms with E-state index in [1.807, 2.05) is 30.3 Å². The van der Waals surface area contributed by atoms with Crippen molar-refractivity contribution >= 4 is 23.5 Å². The highest BCUT2D eigenvalue weighted by atomic mass is 16.5. The Morgan fingerprint density at radius 1 is 1.00 bits per heavy atom. The molecule has 0 heterocycles. The zero-order chi connectivity index (χ0) is 21.5. The molecule has 2 amide bonds. The van der Waals surface area contributed by atoms with E-state index in [1.165, 1.54) is 24.2 Å². The maximum atomic E-state index is 13.1. The van der Waals surface area contributed by atoms with Crippen molar-refractivity contribution in [3.05, 3.63) is 30.3 Å². The van der Waals surface area contributed by atoms with E-state index in [2.05, 4.69) is 5.32 Å². The Morgan fingerprint density at radius 3 is 2.07 bits per heavy atom. The second-order valence-corrected chi connectivity index (χ2v) is 9.70. The van der Waals surface area contributed by atoms with Crippen LogP contribution in [-0.2, 0) is 19.1 Å². The molecule has 4 aliphatic carbocycles. The lowest BCUT2D eigenvalue weighted by atomic mass is 9.49. The number of amides is 2. The van der Waals surface area contributed by atoms with Gasteiger partial charge in [0.15, 0.2) is 6.10 Å². The monoisotopic (exact) mass is 412 g/mol. The molecule has 1 N–H and O–H groups in total. The number of para-hydroxylation sites is 1. The molecule has 6 heteroatoms. The molecule has 1 unspecified atom stereocenters. The summed E-state index contributed by atoms with van der Waals surface area (Å²) in [5.41, 5.74) is 0.423. The number of likely N-dealkylation sites (N-methyl/N-ethyl adjacent to an activating group) is 1. The van der Waals surface area contributed by atoms with Gasteiger partial charge in [0.1, 0.15) is 6.04 Å². The van der Waals surface area contributed by atoms with Crippen molar-refractivity contribution in [2.75, 3.05) is 11.9 Å². The Bertz CT molecular complexity index is 786. The predicted molar refractivity (Wildman–Crippen MR) is 114 cm³/mol. The third-order valence-electron chi connectivity index (χ3n) is 7.34. The molecule has 0 aromatic heterocycles. The molecule has 0 saturated heterocycles. The molecule has 4 aliphatic rings. The molecule has 0 spiro atoms. The van der Waals surface area contributed by atoms with E-state index in [1.54, 1.807) is 20.9 Å². The van der Waals surface area contributed by atoms with Gasteiger partial charge in [0.2, 0.25) is 5.91 Å². The minimum absolute atomic E-state index is 0.00793. The number of esters is 1. The van der Waals surface area contributed by atoms with Gasteiger partial charge in [-0.1, -0.05) is 18.2 Å². The zero-order valence-electron chi connectivity index (χ0n) is 18.1. The van der Waals surface area contributed by atoms with E-state index >= 15 is 0 Å². The SMILES string of the molecule is CC(OC(=O)[C@H](C)NC(=O)C12CC3CC(CC(C3)C1)C2)C(=O)N(C)c1ccccc1. The second-order valence-electron chi connectivity index (χ2n) is 9.70. The van der Waals surface area contributed by atoms with Crippen LogP contribution in [-0.4, -0.2) is 37.0 Å². The molecule has 1 aromatic rings. The van der Waals surface area contributed by atoms with Crippen molar-refractivity contribution in [1.29, 1.82) is 0 Å². The topological polar surface area (TPSA) is 75.7 Å². The van der Waals surface area contributed by atoms with Crippen LogP contribution in [0.1, 0.15) is 52.4 Å². The maximum absolute atomic E-state index is 13.1. The first-order chi connectivity index (χ1) is 14.3. The van der Waals surface area contributed by atoms with Gasteiger partial charge < -0.3 is 15.0 Å². The van der Waals surface area contributed by atoms with Crippen molar-refractivity contribution < 1.29 is 19.1 Å². The van der Waals surface area contributed by atoms with E-state index in [0.29, 0.717) is 17.8 Å². The van der Waals surface area contributed by atoms with Crippen LogP contribution in [0.5, 0.6) is 0 Å². The summed E-state index contributed by atoms with van der Waals surface area (Å²) in [6.07, 6.45) is 5.70. The molecular formula is C24H32N2O4. The number of benzene rings is 1. The smallest absolute Gasteiger partial charge is 0.329 e. The summed E-state index contributed by atoms with van der Waals surface area (Å²) in [4.78, 5) is 39.8. The van der Waals surface area contributed by atoms with Crippen LogP contribution in [0.15, 0.2) is 30.3 Å². The van der Waals surface area contributed by atoms with E-state index in [9.17, 15) is 14.4 Å². The van der Waals surface area contributed by atoms with Crippen molar-refractivity contribution in [2.45, 2.75) is 64.5 Å². The van der Waals surface area contributed by atoms with Crippen molar-refractivity contribution in [3.63, 3.8) is 0 Å². The number of hydrogen-bond acceptors (Lipinski definition) is 4. The fraction of sp³-hybridized carbons (Fsp3) is 0.625. The Hall–Kier alpha value is -2.37. The van der Waals surface area contributed by atoms with Gasteiger partial charge in [-0.15, -0.1) is 0 Å². The van der Waals surface area contributed by atoms with Gasteiger partial charge in [-0.3, -0.25) is 9.59 Å². The largest absolute Gasteiger partial charge is 0.451 e. The van der Waals surface area contributed by atoms with Crippen molar-refractivity contribution in [3.8, 4) is 0 Å². The molecule has 162 valence electrons. The van der Waals surface area contributed by atoms with Crippen LogP contribution in [0, 0.1) is 23.2 Å². The summed E-state index contributed by atoms with van der Waals surface area (Å²) in [7, 11) is 1.65. The summed E-state index contributed by atoms with van der Waals surface area (Å²) in [6, 6.07) is 8.43. The number of anilines is 1. The molecule has 4 bridgehead atoms. The summed E-state index contributed by atoms with van der Waals surface area (Å²) in [5, 5.41) is 2.90. The quantitative estimate of drug-likeness (QED) is 0.728. The molecule has 1 aromatic carbocycles. The maximum Gasteiger partial charge on any atom is 0.329 e. The minimum Gasteiger partial charge on any atom is -0.451 e. The lowest BCUT2D eigenvalue weighted by Crippen LogP contribution is -2.56. The van der Waals surface area contributed by atoms with Gasteiger partial charge in [0.05, 0.1) is 0 Å². The predicted octanol–water partition coefficient (Wildman–Crippen LogP) is 3.30. The van der Waals surface area contributed by atoms with Gasteiger partial charge in [0.25, 0.3) is 5.91 Å². The summed E-state index contributed by atoms with van der Waals surface area (Å²) in [6.45, 7) is 3.20. The fourth-order valence-corrected chi connectivity index (χ4v) is 6.18. The molecule has 5 rings (SSSR count). The highest BCUT2D eigenvalue weighted by molar-refractivity contribution is 5.97. The van der Waals surface area contributed by atoms with E-state index < -0.39 is 18.1 Å². The van der Waals surface area contributed by atoms with Crippen LogP contribution < -0.4 is 10.2 Å². The van der Waals surface area contributed by atoms with Gasteiger partial charge in [-0.2, -0.15) is 0 Å². The highest BCUT2D eigenvalue weighted by Gasteiger charge is 2.54. The number of carbonyl (C=O) groups excluding carboxylic acids is 3. The first-order valence-electron chi connectivity index (χ1n) is 11.1. The number of hydrogen-bond donors (Lipinski definition) is 1.